The van der Waals surface area contributed by atoms with Crippen LogP contribution in [0.5, 0.6) is 0 Å². The number of hydrogen-bond acceptors (Lipinski definition) is 4. The van der Waals surface area contributed by atoms with Crippen LogP contribution in [0.4, 0.5) is 0 Å². The number of aromatic amines is 1. The van der Waals surface area contributed by atoms with E-state index < -0.39 is 0 Å². The van der Waals surface area contributed by atoms with Crippen molar-refractivity contribution in [2.75, 3.05) is 13.1 Å². The molecule has 118 valence electrons. The van der Waals surface area contributed by atoms with Crippen LogP contribution in [0.3, 0.4) is 0 Å². The molecule has 23 heavy (non-hydrogen) atoms. The first-order chi connectivity index (χ1) is 11.3. The summed E-state index contributed by atoms with van der Waals surface area (Å²) in [7, 11) is 0. The molecule has 1 saturated heterocycles. The summed E-state index contributed by atoms with van der Waals surface area (Å²) in [5.41, 5.74) is 5.37. The Bertz CT molecular complexity index is 799. The highest BCUT2D eigenvalue weighted by atomic mass is 16.3. The SMILES string of the molecule is O[C@@H]1CCCN(Cc2c(-c3cccnc3)[nH]c3cccnc23)C1. The Morgan fingerprint density at radius 3 is 3.00 bits per heavy atom. The first kappa shape index (κ1) is 14.4. The maximum absolute atomic E-state index is 9.93. The third-order valence-electron chi connectivity index (χ3n) is 4.47. The quantitative estimate of drug-likeness (QED) is 0.780. The van der Waals surface area contributed by atoms with Crippen LogP contribution in [0, 0.1) is 0 Å². The molecule has 5 nitrogen and oxygen atoms in total. The van der Waals surface area contributed by atoms with Gasteiger partial charge in [0, 0.05) is 42.8 Å². The molecule has 0 saturated carbocycles. The lowest BCUT2D eigenvalue weighted by molar-refractivity contribution is 0.0671. The standard InChI is InChI=1S/C18H20N4O/c23-14-5-3-9-22(11-14)12-15-17(13-4-1-7-19-10-13)21-16-6-2-8-20-18(15)16/h1-2,4,6-8,10,14,21,23H,3,5,9,11-12H2/t14-/m1/s1. The summed E-state index contributed by atoms with van der Waals surface area (Å²) in [6.45, 7) is 2.54. The Balaban J connectivity index is 1.77. The van der Waals surface area contributed by atoms with Gasteiger partial charge in [0.05, 0.1) is 22.8 Å². The fraction of sp³-hybridized carbons (Fsp3) is 0.333. The van der Waals surface area contributed by atoms with Gasteiger partial charge in [-0.1, -0.05) is 0 Å². The van der Waals surface area contributed by atoms with Crippen LogP contribution >= 0.6 is 0 Å². The molecule has 0 aromatic carbocycles. The van der Waals surface area contributed by atoms with E-state index in [9.17, 15) is 5.11 Å². The van der Waals surface area contributed by atoms with Crippen LogP contribution in [0.15, 0.2) is 42.9 Å². The van der Waals surface area contributed by atoms with Crippen molar-refractivity contribution in [2.45, 2.75) is 25.5 Å². The number of piperidine rings is 1. The van der Waals surface area contributed by atoms with Gasteiger partial charge in [-0.05, 0) is 43.7 Å². The van der Waals surface area contributed by atoms with Gasteiger partial charge < -0.3 is 10.1 Å². The lowest BCUT2D eigenvalue weighted by Gasteiger charge is -2.30. The summed E-state index contributed by atoms with van der Waals surface area (Å²) >= 11 is 0. The second kappa shape index (κ2) is 6.10. The van der Waals surface area contributed by atoms with Crippen molar-refractivity contribution in [1.82, 2.24) is 19.9 Å². The third kappa shape index (κ3) is 2.85. The molecule has 3 aromatic heterocycles. The predicted molar refractivity (Wildman–Crippen MR) is 89.8 cm³/mol. The normalized spacial score (nSPS) is 19.3. The fourth-order valence-electron chi connectivity index (χ4n) is 3.38. The molecule has 4 rings (SSSR count). The highest BCUT2D eigenvalue weighted by Gasteiger charge is 2.21. The van der Waals surface area contributed by atoms with Gasteiger partial charge in [0.15, 0.2) is 0 Å². The Labute approximate surface area is 135 Å². The minimum atomic E-state index is -0.219. The number of aliphatic hydroxyl groups is 1. The summed E-state index contributed by atoms with van der Waals surface area (Å²) in [6.07, 6.45) is 7.21. The molecule has 0 radical (unpaired) electrons. The van der Waals surface area contributed by atoms with Crippen molar-refractivity contribution in [3.05, 3.63) is 48.4 Å². The minimum absolute atomic E-state index is 0.219. The van der Waals surface area contributed by atoms with Crippen molar-refractivity contribution in [3.63, 3.8) is 0 Å². The van der Waals surface area contributed by atoms with E-state index in [1.54, 1.807) is 6.20 Å². The molecule has 1 fully saturated rings. The molecule has 0 bridgehead atoms. The summed E-state index contributed by atoms with van der Waals surface area (Å²) in [5.74, 6) is 0. The van der Waals surface area contributed by atoms with Gasteiger partial charge in [-0.25, -0.2) is 0 Å². The first-order valence-electron chi connectivity index (χ1n) is 8.07. The number of nitrogens with one attached hydrogen (secondary N) is 1. The number of fused-ring (bicyclic) bond motifs is 1. The number of hydrogen-bond donors (Lipinski definition) is 2. The second-order valence-electron chi connectivity index (χ2n) is 6.15. The summed E-state index contributed by atoms with van der Waals surface area (Å²) in [4.78, 5) is 14.6. The van der Waals surface area contributed by atoms with Gasteiger partial charge in [-0.3, -0.25) is 14.9 Å². The zero-order valence-electron chi connectivity index (χ0n) is 12.9. The van der Waals surface area contributed by atoms with Gasteiger partial charge in [0.2, 0.25) is 0 Å². The molecule has 0 aliphatic carbocycles. The number of likely N-dealkylation sites (tertiary alicyclic amines) is 1. The molecule has 1 aliphatic heterocycles. The van der Waals surface area contributed by atoms with Gasteiger partial charge in [-0.2, -0.15) is 0 Å². The molecule has 4 heterocycles. The van der Waals surface area contributed by atoms with E-state index in [4.69, 9.17) is 0 Å². The van der Waals surface area contributed by atoms with Crippen molar-refractivity contribution in [3.8, 4) is 11.3 Å². The van der Waals surface area contributed by atoms with E-state index in [1.165, 1.54) is 5.56 Å². The maximum Gasteiger partial charge on any atom is 0.0930 e. The monoisotopic (exact) mass is 308 g/mol. The highest BCUT2D eigenvalue weighted by molar-refractivity contribution is 5.87. The number of nitrogens with zero attached hydrogens (tertiary/aromatic N) is 3. The van der Waals surface area contributed by atoms with Crippen LogP contribution < -0.4 is 0 Å². The molecule has 0 unspecified atom stereocenters. The minimum Gasteiger partial charge on any atom is -0.392 e. The van der Waals surface area contributed by atoms with Crippen LogP contribution in [0.1, 0.15) is 18.4 Å². The van der Waals surface area contributed by atoms with Crippen LogP contribution in [0.2, 0.25) is 0 Å². The predicted octanol–water partition coefficient (Wildman–Crippen LogP) is 2.58. The Hall–Kier alpha value is -2.24. The largest absolute Gasteiger partial charge is 0.392 e. The van der Waals surface area contributed by atoms with Crippen molar-refractivity contribution in [2.24, 2.45) is 0 Å². The lowest BCUT2D eigenvalue weighted by atomic mass is 10.1. The Kier molecular flexibility index (Phi) is 3.81. The average molecular weight is 308 g/mol. The molecule has 0 amide bonds. The summed E-state index contributed by atoms with van der Waals surface area (Å²) in [6, 6.07) is 8.01. The summed E-state index contributed by atoms with van der Waals surface area (Å²) < 4.78 is 0. The number of aliphatic hydroxyl groups excluding tert-OH is 1. The molecule has 0 spiro atoms. The Morgan fingerprint density at radius 1 is 1.26 bits per heavy atom. The zero-order chi connectivity index (χ0) is 15.6. The van der Waals surface area contributed by atoms with Crippen molar-refractivity contribution < 1.29 is 5.11 Å². The average Bonchev–Trinajstić information content (AvgIpc) is 2.95. The van der Waals surface area contributed by atoms with E-state index in [0.717, 1.165) is 54.8 Å². The topological polar surface area (TPSA) is 65.0 Å². The van der Waals surface area contributed by atoms with Gasteiger partial charge in [0.25, 0.3) is 0 Å². The van der Waals surface area contributed by atoms with Crippen molar-refractivity contribution >= 4 is 11.0 Å². The molecule has 2 N–H and O–H groups in total. The molecule has 5 heteroatoms. The van der Waals surface area contributed by atoms with E-state index >= 15 is 0 Å². The number of pyridine rings is 2. The first-order valence-corrected chi connectivity index (χ1v) is 8.07. The number of H-pyrrole nitrogens is 1. The molecule has 1 aliphatic rings. The van der Waals surface area contributed by atoms with Crippen molar-refractivity contribution in [1.29, 1.82) is 0 Å². The van der Waals surface area contributed by atoms with E-state index in [2.05, 4.69) is 32.0 Å². The van der Waals surface area contributed by atoms with E-state index in [-0.39, 0.29) is 6.10 Å². The van der Waals surface area contributed by atoms with Gasteiger partial charge >= 0.3 is 0 Å². The van der Waals surface area contributed by atoms with Crippen LogP contribution in [-0.2, 0) is 6.54 Å². The van der Waals surface area contributed by atoms with Crippen LogP contribution in [0.25, 0.3) is 22.3 Å². The maximum atomic E-state index is 9.93. The van der Waals surface area contributed by atoms with Crippen LogP contribution in [-0.4, -0.2) is 44.2 Å². The molecule has 1 atom stereocenters. The van der Waals surface area contributed by atoms with Gasteiger partial charge in [0.1, 0.15) is 0 Å². The summed E-state index contributed by atoms with van der Waals surface area (Å²) in [5, 5.41) is 9.93. The number of aromatic nitrogens is 3. The zero-order valence-corrected chi connectivity index (χ0v) is 12.9. The lowest BCUT2D eigenvalue weighted by Crippen LogP contribution is -2.37. The molecular weight excluding hydrogens is 288 g/mol. The van der Waals surface area contributed by atoms with E-state index in [1.807, 2.05) is 24.5 Å². The molecule has 3 aromatic rings. The fourth-order valence-corrected chi connectivity index (χ4v) is 3.38. The number of β-amino-alcohol motifs (C(OH)–C–C–N with tert-alkyl or cyclic N) is 1. The third-order valence-corrected chi connectivity index (χ3v) is 4.47. The van der Waals surface area contributed by atoms with E-state index in [0.29, 0.717) is 0 Å². The van der Waals surface area contributed by atoms with Gasteiger partial charge in [-0.15, -0.1) is 0 Å². The smallest absolute Gasteiger partial charge is 0.0930 e. The number of rotatable bonds is 3. The highest BCUT2D eigenvalue weighted by Crippen LogP contribution is 2.30. The second-order valence-corrected chi connectivity index (χ2v) is 6.15. The molecular formula is C18H20N4O. The Morgan fingerprint density at radius 2 is 2.17 bits per heavy atom.